The molecule has 2 N–H and O–H groups in total. The highest BCUT2D eigenvalue weighted by Crippen LogP contribution is 2.29. The minimum atomic E-state index is -0.920. The second kappa shape index (κ2) is 8.86. The van der Waals surface area contributed by atoms with Crippen LogP contribution in [0.2, 0.25) is 0 Å². The molecule has 0 bridgehead atoms. The molecule has 0 saturated heterocycles. The molecule has 0 heterocycles. The van der Waals surface area contributed by atoms with E-state index in [-0.39, 0.29) is 5.75 Å². The van der Waals surface area contributed by atoms with Crippen LogP contribution in [0, 0.1) is 0 Å². The molecule has 5 nitrogen and oxygen atoms in total. The lowest BCUT2D eigenvalue weighted by atomic mass is 9.84. The minimum Gasteiger partial charge on any atom is -0.508 e. The van der Waals surface area contributed by atoms with Crippen LogP contribution in [0.5, 0.6) is 5.75 Å². The molecule has 1 atom stereocenters. The Bertz CT molecular complexity index is 884. The van der Waals surface area contributed by atoms with Gasteiger partial charge in [-0.15, -0.1) is 0 Å². The maximum atomic E-state index is 12.8. The molecule has 0 unspecified atom stereocenters. The van der Waals surface area contributed by atoms with Crippen LogP contribution in [0.1, 0.15) is 27.4 Å². The van der Waals surface area contributed by atoms with Crippen LogP contribution < -0.4 is 5.32 Å². The summed E-state index contributed by atoms with van der Waals surface area (Å²) in [5.41, 5.74) is 2.11. The topological polar surface area (TPSA) is 75.6 Å². The Morgan fingerprint density at radius 1 is 0.821 bits per heavy atom. The van der Waals surface area contributed by atoms with E-state index >= 15 is 0 Å². The first kappa shape index (κ1) is 19.2. The van der Waals surface area contributed by atoms with Gasteiger partial charge in [-0.1, -0.05) is 60.7 Å². The van der Waals surface area contributed by atoms with Gasteiger partial charge in [0.05, 0.1) is 7.11 Å². The number of carbonyl (C=O) groups is 2. The summed E-state index contributed by atoms with van der Waals surface area (Å²) in [5, 5.41) is 12.2. The average Bonchev–Trinajstić information content (AvgIpc) is 2.74. The van der Waals surface area contributed by atoms with Crippen LogP contribution in [0.4, 0.5) is 0 Å². The number of amides is 1. The molecule has 0 aliphatic carbocycles. The quantitative estimate of drug-likeness (QED) is 0.647. The van der Waals surface area contributed by atoms with Crippen LogP contribution in [0.3, 0.4) is 0 Å². The monoisotopic (exact) mass is 375 g/mol. The zero-order chi connectivity index (χ0) is 19.9. The number of esters is 1. The maximum Gasteiger partial charge on any atom is 0.329 e. The molecular formula is C23H21NO4. The number of nitrogens with one attached hydrogen (secondary N) is 1. The molecular weight excluding hydrogens is 354 g/mol. The molecule has 5 heteroatoms. The van der Waals surface area contributed by atoms with Gasteiger partial charge in [-0.2, -0.15) is 0 Å². The number of phenolic OH excluding ortho intramolecular Hbond substituents is 1. The van der Waals surface area contributed by atoms with E-state index in [0.29, 0.717) is 5.56 Å². The Kier molecular flexibility index (Phi) is 6.07. The van der Waals surface area contributed by atoms with Crippen LogP contribution in [-0.2, 0) is 9.53 Å². The standard InChI is InChI=1S/C23H21NO4/c1-28-23(27)21(24-22(26)18-12-14-19(25)15-13-18)20(16-8-4-2-5-9-16)17-10-6-3-7-11-17/h2-15,20-21,25H,1H3,(H,24,26)/t21-/m0/s1. The molecule has 0 spiro atoms. The Labute approximate surface area is 163 Å². The Morgan fingerprint density at radius 2 is 1.32 bits per heavy atom. The molecule has 3 rings (SSSR count). The maximum absolute atomic E-state index is 12.8. The molecule has 0 aliphatic rings. The Balaban J connectivity index is 2.00. The third kappa shape index (κ3) is 4.38. The molecule has 0 radical (unpaired) electrons. The van der Waals surface area contributed by atoms with Crippen molar-refractivity contribution in [3.05, 3.63) is 102 Å². The largest absolute Gasteiger partial charge is 0.508 e. The zero-order valence-corrected chi connectivity index (χ0v) is 15.4. The molecule has 0 aliphatic heterocycles. The second-order valence-corrected chi connectivity index (χ2v) is 6.32. The lowest BCUT2D eigenvalue weighted by Crippen LogP contribution is -2.46. The number of hydrogen-bond acceptors (Lipinski definition) is 4. The average molecular weight is 375 g/mol. The van der Waals surface area contributed by atoms with Gasteiger partial charge in [0.1, 0.15) is 11.8 Å². The van der Waals surface area contributed by atoms with Crippen LogP contribution in [0.15, 0.2) is 84.9 Å². The number of methoxy groups -OCH3 is 1. The second-order valence-electron chi connectivity index (χ2n) is 6.32. The first-order valence-corrected chi connectivity index (χ1v) is 8.87. The van der Waals surface area contributed by atoms with E-state index in [1.807, 2.05) is 60.7 Å². The molecule has 0 saturated carbocycles. The number of ether oxygens (including phenoxy) is 1. The van der Waals surface area contributed by atoms with Crippen molar-refractivity contribution in [3.8, 4) is 5.75 Å². The van der Waals surface area contributed by atoms with Crippen molar-refractivity contribution in [2.45, 2.75) is 12.0 Å². The third-order valence-corrected chi connectivity index (χ3v) is 4.52. The van der Waals surface area contributed by atoms with Crippen LogP contribution >= 0.6 is 0 Å². The van der Waals surface area contributed by atoms with E-state index in [4.69, 9.17) is 4.74 Å². The van der Waals surface area contributed by atoms with Gasteiger partial charge in [0.15, 0.2) is 0 Å². The SMILES string of the molecule is COC(=O)[C@@H](NC(=O)c1ccc(O)cc1)C(c1ccccc1)c1ccccc1. The highest BCUT2D eigenvalue weighted by Gasteiger charge is 2.33. The predicted octanol–water partition coefficient (Wildman–Crippen LogP) is 3.50. The zero-order valence-electron chi connectivity index (χ0n) is 15.4. The van der Waals surface area contributed by atoms with Gasteiger partial charge in [0.2, 0.25) is 0 Å². The summed E-state index contributed by atoms with van der Waals surface area (Å²) in [6.07, 6.45) is 0. The van der Waals surface area contributed by atoms with Gasteiger partial charge in [-0.05, 0) is 35.4 Å². The van der Waals surface area contributed by atoms with Gasteiger partial charge in [-0.25, -0.2) is 4.79 Å². The number of aromatic hydroxyl groups is 1. The van der Waals surface area contributed by atoms with Gasteiger partial charge >= 0.3 is 5.97 Å². The predicted molar refractivity (Wildman–Crippen MR) is 106 cm³/mol. The fourth-order valence-electron chi connectivity index (χ4n) is 3.14. The third-order valence-electron chi connectivity index (χ3n) is 4.52. The molecule has 142 valence electrons. The smallest absolute Gasteiger partial charge is 0.329 e. The van der Waals surface area contributed by atoms with Crippen molar-refractivity contribution >= 4 is 11.9 Å². The lowest BCUT2D eigenvalue weighted by Gasteiger charge is -2.27. The van der Waals surface area contributed by atoms with E-state index in [1.165, 1.54) is 31.4 Å². The van der Waals surface area contributed by atoms with Gasteiger partial charge in [0, 0.05) is 11.5 Å². The molecule has 0 aromatic heterocycles. The van der Waals surface area contributed by atoms with Crippen LogP contribution in [-0.4, -0.2) is 30.1 Å². The number of rotatable bonds is 6. The molecule has 0 fully saturated rings. The number of benzene rings is 3. The fourth-order valence-corrected chi connectivity index (χ4v) is 3.14. The van der Waals surface area contributed by atoms with Crippen molar-refractivity contribution in [2.75, 3.05) is 7.11 Å². The molecule has 3 aromatic carbocycles. The minimum absolute atomic E-state index is 0.0625. The summed E-state index contributed by atoms with van der Waals surface area (Å²) in [6, 6.07) is 23.9. The molecule has 3 aromatic rings. The number of phenols is 1. The first-order valence-electron chi connectivity index (χ1n) is 8.87. The highest BCUT2D eigenvalue weighted by atomic mass is 16.5. The van der Waals surface area contributed by atoms with E-state index in [2.05, 4.69) is 5.32 Å². The summed E-state index contributed by atoms with van der Waals surface area (Å²) in [5.74, 6) is -1.32. The van der Waals surface area contributed by atoms with Crippen molar-refractivity contribution < 1.29 is 19.4 Å². The summed E-state index contributed by atoms with van der Waals surface area (Å²) >= 11 is 0. The number of carbonyl (C=O) groups excluding carboxylic acids is 2. The first-order chi connectivity index (χ1) is 13.6. The Morgan fingerprint density at radius 3 is 1.79 bits per heavy atom. The normalized spacial score (nSPS) is 11.6. The summed E-state index contributed by atoms with van der Waals surface area (Å²) < 4.78 is 5.00. The van der Waals surface area contributed by atoms with E-state index < -0.39 is 23.8 Å². The Hall–Kier alpha value is -3.60. The lowest BCUT2D eigenvalue weighted by molar-refractivity contribution is -0.143. The van der Waals surface area contributed by atoms with Crippen LogP contribution in [0.25, 0.3) is 0 Å². The van der Waals surface area contributed by atoms with Gasteiger partial charge < -0.3 is 15.2 Å². The number of hydrogen-bond donors (Lipinski definition) is 2. The summed E-state index contributed by atoms with van der Waals surface area (Å²) in [4.78, 5) is 25.4. The van der Waals surface area contributed by atoms with E-state index in [0.717, 1.165) is 11.1 Å². The summed E-state index contributed by atoms with van der Waals surface area (Å²) in [7, 11) is 1.30. The summed E-state index contributed by atoms with van der Waals surface area (Å²) in [6.45, 7) is 0. The van der Waals surface area contributed by atoms with Crippen molar-refractivity contribution in [2.24, 2.45) is 0 Å². The molecule has 28 heavy (non-hydrogen) atoms. The van der Waals surface area contributed by atoms with Crippen molar-refractivity contribution in [1.82, 2.24) is 5.32 Å². The highest BCUT2D eigenvalue weighted by molar-refractivity contribution is 5.97. The fraction of sp³-hybridized carbons (Fsp3) is 0.130. The van der Waals surface area contributed by atoms with Gasteiger partial charge in [0.25, 0.3) is 5.91 Å². The van der Waals surface area contributed by atoms with E-state index in [1.54, 1.807) is 0 Å². The van der Waals surface area contributed by atoms with Crippen molar-refractivity contribution in [3.63, 3.8) is 0 Å². The van der Waals surface area contributed by atoms with E-state index in [9.17, 15) is 14.7 Å². The van der Waals surface area contributed by atoms with Crippen molar-refractivity contribution in [1.29, 1.82) is 0 Å². The molecule has 1 amide bonds. The van der Waals surface area contributed by atoms with Gasteiger partial charge in [-0.3, -0.25) is 4.79 Å².